The molecule has 0 heterocycles. The fourth-order valence-corrected chi connectivity index (χ4v) is 1.89. The Balaban J connectivity index is 2.14. The first-order chi connectivity index (χ1) is 10.1. The van der Waals surface area contributed by atoms with E-state index >= 15 is 0 Å². The lowest BCUT2D eigenvalue weighted by Gasteiger charge is -2.09. The van der Waals surface area contributed by atoms with Gasteiger partial charge in [-0.3, -0.25) is 0 Å². The summed E-state index contributed by atoms with van der Waals surface area (Å²) in [7, 11) is 0. The molecule has 2 rings (SSSR count). The molecule has 21 heavy (non-hydrogen) atoms. The molecule has 4 heteroatoms. The Morgan fingerprint density at radius 1 is 1.10 bits per heavy atom. The number of rotatable bonds is 3. The van der Waals surface area contributed by atoms with Crippen LogP contribution in [0.5, 0.6) is 5.75 Å². The third kappa shape index (κ3) is 4.30. The minimum Gasteiger partial charge on any atom is -0.489 e. The molecule has 2 N–H and O–H groups in total. The van der Waals surface area contributed by atoms with Crippen molar-refractivity contribution in [3.63, 3.8) is 0 Å². The van der Waals surface area contributed by atoms with E-state index in [1.54, 1.807) is 19.1 Å². The normalized spacial score (nSPS) is 9.90. The lowest BCUT2D eigenvalue weighted by atomic mass is 10.1. The van der Waals surface area contributed by atoms with Crippen molar-refractivity contribution in [2.45, 2.75) is 13.5 Å². The van der Waals surface area contributed by atoms with E-state index in [0.29, 0.717) is 22.4 Å². The van der Waals surface area contributed by atoms with Crippen molar-refractivity contribution in [2.75, 3.05) is 6.54 Å². The van der Waals surface area contributed by atoms with Gasteiger partial charge in [-0.1, -0.05) is 11.8 Å². The van der Waals surface area contributed by atoms with Gasteiger partial charge in [0.05, 0.1) is 6.54 Å². The first kappa shape index (κ1) is 15.0. The second-order valence-corrected chi connectivity index (χ2v) is 4.55. The lowest BCUT2D eigenvalue weighted by molar-refractivity contribution is 0.303. The summed E-state index contributed by atoms with van der Waals surface area (Å²) in [5.74, 6) is 5.33. The van der Waals surface area contributed by atoms with Gasteiger partial charge in [0.15, 0.2) is 0 Å². The van der Waals surface area contributed by atoms with Gasteiger partial charge in [-0.05, 0) is 54.4 Å². The molecule has 0 saturated carbocycles. The van der Waals surface area contributed by atoms with Crippen LogP contribution in [0, 0.1) is 30.4 Å². The van der Waals surface area contributed by atoms with Crippen LogP contribution in [0.1, 0.15) is 16.7 Å². The monoisotopic (exact) mass is 287 g/mol. The quantitative estimate of drug-likeness (QED) is 0.880. The predicted molar refractivity (Wildman–Crippen MR) is 77.8 cm³/mol. The highest BCUT2D eigenvalue weighted by atomic mass is 19.1. The van der Waals surface area contributed by atoms with Gasteiger partial charge < -0.3 is 10.5 Å². The molecule has 0 aliphatic carbocycles. The molecular weight excluding hydrogens is 272 g/mol. The van der Waals surface area contributed by atoms with Crippen molar-refractivity contribution in [3.05, 3.63) is 64.7 Å². The molecule has 0 unspecified atom stereocenters. The highest BCUT2D eigenvalue weighted by Gasteiger charge is 2.04. The average molecular weight is 287 g/mol. The van der Waals surface area contributed by atoms with Crippen LogP contribution in [0.3, 0.4) is 0 Å². The van der Waals surface area contributed by atoms with Crippen molar-refractivity contribution < 1.29 is 13.5 Å². The van der Waals surface area contributed by atoms with Crippen LogP contribution < -0.4 is 10.5 Å². The summed E-state index contributed by atoms with van der Waals surface area (Å²) in [4.78, 5) is 0. The average Bonchev–Trinajstić information content (AvgIpc) is 2.43. The number of hydrogen-bond acceptors (Lipinski definition) is 2. The molecule has 0 amide bonds. The molecule has 108 valence electrons. The fourth-order valence-electron chi connectivity index (χ4n) is 1.89. The van der Waals surface area contributed by atoms with Crippen molar-refractivity contribution in [2.24, 2.45) is 5.73 Å². The van der Waals surface area contributed by atoms with Gasteiger partial charge in [0.1, 0.15) is 24.0 Å². The second kappa shape index (κ2) is 6.87. The SMILES string of the molecule is Cc1cc(F)ccc1OCc1cc(F)cc(C#CCN)c1. The highest BCUT2D eigenvalue weighted by Crippen LogP contribution is 2.20. The molecule has 0 aromatic heterocycles. The lowest BCUT2D eigenvalue weighted by Crippen LogP contribution is -1.99. The Hall–Kier alpha value is -2.38. The minimum atomic E-state index is -0.381. The summed E-state index contributed by atoms with van der Waals surface area (Å²) in [6.45, 7) is 2.15. The van der Waals surface area contributed by atoms with Gasteiger partial charge in [-0.25, -0.2) is 8.78 Å². The maximum atomic E-state index is 13.5. The standard InChI is InChI=1S/C17H15F2NO/c1-12-7-15(18)4-5-17(12)21-11-14-8-13(3-2-6-20)9-16(19)10-14/h4-5,7-10H,6,11,20H2,1H3. The first-order valence-electron chi connectivity index (χ1n) is 6.46. The van der Waals surface area contributed by atoms with Crippen LogP contribution in [-0.4, -0.2) is 6.54 Å². The maximum absolute atomic E-state index is 13.5. The second-order valence-electron chi connectivity index (χ2n) is 4.55. The Morgan fingerprint density at radius 3 is 2.62 bits per heavy atom. The van der Waals surface area contributed by atoms with Gasteiger partial charge in [-0.15, -0.1) is 0 Å². The number of halogens is 2. The molecule has 0 atom stereocenters. The van der Waals surface area contributed by atoms with Crippen LogP contribution in [0.15, 0.2) is 36.4 Å². The van der Waals surface area contributed by atoms with Gasteiger partial charge in [-0.2, -0.15) is 0 Å². The number of aryl methyl sites for hydroxylation is 1. The molecule has 2 aromatic rings. The van der Waals surface area contributed by atoms with Crippen LogP contribution in [-0.2, 0) is 6.61 Å². The van der Waals surface area contributed by atoms with Crippen LogP contribution in [0.4, 0.5) is 8.78 Å². The van der Waals surface area contributed by atoms with E-state index in [2.05, 4.69) is 11.8 Å². The smallest absolute Gasteiger partial charge is 0.124 e. The van der Waals surface area contributed by atoms with Gasteiger partial charge >= 0.3 is 0 Å². The zero-order valence-corrected chi connectivity index (χ0v) is 11.6. The van der Waals surface area contributed by atoms with Gasteiger partial charge in [0.25, 0.3) is 0 Å². The number of nitrogens with two attached hydrogens (primary N) is 1. The van der Waals surface area contributed by atoms with E-state index in [-0.39, 0.29) is 24.8 Å². The first-order valence-corrected chi connectivity index (χ1v) is 6.46. The molecule has 2 aromatic carbocycles. The van der Waals surface area contributed by atoms with Crippen molar-refractivity contribution in [1.82, 2.24) is 0 Å². The molecule has 0 aliphatic rings. The fraction of sp³-hybridized carbons (Fsp3) is 0.176. The van der Waals surface area contributed by atoms with Gasteiger partial charge in [0, 0.05) is 5.56 Å². The molecule has 0 saturated heterocycles. The van der Waals surface area contributed by atoms with E-state index in [0.717, 1.165) is 0 Å². The molecule has 0 fully saturated rings. The maximum Gasteiger partial charge on any atom is 0.124 e. The number of hydrogen-bond donors (Lipinski definition) is 1. The Labute approximate surface area is 122 Å². The molecule has 2 nitrogen and oxygen atoms in total. The Kier molecular flexibility index (Phi) is 4.91. The van der Waals surface area contributed by atoms with Crippen LogP contribution in [0.25, 0.3) is 0 Å². The van der Waals surface area contributed by atoms with E-state index in [1.807, 2.05) is 0 Å². The predicted octanol–water partition coefficient (Wildman–Crippen LogP) is 3.16. The largest absolute Gasteiger partial charge is 0.489 e. The zero-order chi connectivity index (χ0) is 15.2. The number of ether oxygens (including phenoxy) is 1. The Bertz CT molecular complexity index is 702. The third-order valence-corrected chi connectivity index (χ3v) is 2.82. The van der Waals surface area contributed by atoms with Crippen molar-refractivity contribution >= 4 is 0 Å². The number of benzene rings is 2. The van der Waals surface area contributed by atoms with E-state index in [4.69, 9.17) is 10.5 Å². The summed E-state index contributed by atoms with van der Waals surface area (Å²) in [5.41, 5.74) is 7.19. The van der Waals surface area contributed by atoms with E-state index < -0.39 is 0 Å². The minimum absolute atomic E-state index is 0.182. The van der Waals surface area contributed by atoms with E-state index in [9.17, 15) is 8.78 Å². The molecule has 0 radical (unpaired) electrons. The molecule has 0 aliphatic heterocycles. The van der Waals surface area contributed by atoms with Crippen LogP contribution >= 0.6 is 0 Å². The summed E-state index contributed by atoms with van der Waals surface area (Å²) >= 11 is 0. The van der Waals surface area contributed by atoms with E-state index in [1.165, 1.54) is 24.3 Å². The molecule has 0 bridgehead atoms. The van der Waals surface area contributed by atoms with Gasteiger partial charge in [0.2, 0.25) is 0 Å². The zero-order valence-electron chi connectivity index (χ0n) is 11.6. The summed E-state index contributed by atoms with van der Waals surface area (Å²) in [6.07, 6.45) is 0. The topological polar surface area (TPSA) is 35.2 Å². The van der Waals surface area contributed by atoms with Crippen molar-refractivity contribution in [3.8, 4) is 17.6 Å². The highest BCUT2D eigenvalue weighted by molar-refractivity contribution is 5.38. The Morgan fingerprint density at radius 2 is 1.90 bits per heavy atom. The summed E-state index contributed by atoms with van der Waals surface area (Å²) < 4.78 is 32.1. The third-order valence-electron chi connectivity index (χ3n) is 2.82. The van der Waals surface area contributed by atoms with Crippen LogP contribution in [0.2, 0.25) is 0 Å². The summed E-state index contributed by atoms with van der Waals surface area (Å²) in [5, 5.41) is 0. The molecular formula is C17H15F2NO. The summed E-state index contributed by atoms with van der Waals surface area (Å²) in [6, 6.07) is 8.73. The molecule has 0 spiro atoms. The van der Waals surface area contributed by atoms with Crippen molar-refractivity contribution in [1.29, 1.82) is 0 Å².